The molecule has 6 heteroatoms. The predicted molar refractivity (Wildman–Crippen MR) is 79.6 cm³/mol. The molecule has 21 heavy (non-hydrogen) atoms. The molecule has 0 saturated carbocycles. The van der Waals surface area contributed by atoms with E-state index in [1.165, 1.54) is 0 Å². The first-order valence-electron chi connectivity index (χ1n) is 6.45. The van der Waals surface area contributed by atoms with Crippen LogP contribution < -0.4 is 5.73 Å². The van der Waals surface area contributed by atoms with E-state index in [-0.39, 0.29) is 0 Å². The average Bonchev–Trinajstić information content (AvgIpc) is 3.03. The maximum Gasteiger partial charge on any atom is 0.169 e. The molecule has 0 aliphatic carbocycles. The van der Waals surface area contributed by atoms with Crippen LogP contribution in [-0.2, 0) is 7.05 Å². The molecule has 2 N–H and O–H groups in total. The van der Waals surface area contributed by atoms with Crippen LogP contribution in [0.25, 0.3) is 16.9 Å². The second-order valence-corrected chi connectivity index (χ2v) is 4.82. The zero-order valence-electron chi connectivity index (χ0n) is 11.8. The Bertz CT molecular complexity index is 832. The molecule has 3 aromatic rings. The first-order chi connectivity index (χ1) is 10.1. The van der Waals surface area contributed by atoms with Crippen molar-refractivity contribution in [2.45, 2.75) is 6.92 Å². The first kappa shape index (κ1) is 12.9. The third kappa shape index (κ3) is 2.15. The van der Waals surface area contributed by atoms with Crippen LogP contribution in [0.15, 0.2) is 36.7 Å². The van der Waals surface area contributed by atoms with Crippen molar-refractivity contribution in [1.82, 2.24) is 19.6 Å². The molecule has 104 valence electrons. The number of aromatic nitrogens is 4. The van der Waals surface area contributed by atoms with E-state index >= 15 is 0 Å². The second kappa shape index (κ2) is 4.80. The SMILES string of the molecule is Cc1nn(C)c(-n2cc(-c3ccc(N)cc3)cn2)c1C#N. The Morgan fingerprint density at radius 1 is 1.19 bits per heavy atom. The second-order valence-electron chi connectivity index (χ2n) is 4.82. The molecule has 0 aliphatic heterocycles. The lowest BCUT2D eigenvalue weighted by molar-refractivity contribution is 0.693. The molecule has 6 nitrogen and oxygen atoms in total. The molecule has 0 amide bonds. The molecule has 2 heterocycles. The smallest absolute Gasteiger partial charge is 0.169 e. The Kier molecular flexibility index (Phi) is 2.95. The standard InChI is InChI=1S/C15H14N6/c1-10-14(7-16)15(20(2)19-10)21-9-12(8-18-21)11-3-5-13(17)6-4-11/h3-6,8-9H,17H2,1-2H3. The summed E-state index contributed by atoms with van der Waals surface area (Å²) in [5.74, 6) is 0.664. The third-order valence-corrected chi connectivity index (χ3v) is 3.35. The van der Waals surface area contributed by atoms with Crippen LogP contribution in [0.3, 0.4) is 0 Å². The summed E-state index contributed by atoms with van der Waals surface area (Å²) in [4.78, 5) is 0. The van der Waals surface area contributed by atoms with E-state index in [0.29, 0.717) is 17.1 Å². The van der Waals surface area contributed by atoms with E-state index in [1.54, 1.807) is 22.6 Å². The topological polar surface area (TPSA) is 85.4 Å². The van der Waals surface area contributed by atoms with Gasteiger partial charge in [0.05, 0.1) is 11.9 Å². The van der Waals surface area contributed by atoms with Crippen LogP contribution in [0.2, 0.25) is 0 Å². The van der Waals surface area contributed by atoms with Crippen LogP contribution >= 0.6 is 0 Å². The molecule has 0 atom stereocenters. The van der Waals surface area contributed by atoms with Gasteiger partial charge in [-0.25, -0.2) is 9.36 Å². The van der Waals surface area contributed by atoms with Crippen molar-refractivity contribution in [3.63, 3.8) is 0 Å². The fourth-order valence-corrected chi connectivity index (χ4v) is 2.30. The van der Waals surface area contributed by atoms with Gasteiger partial charge < -0.3 is 5.73 Å². The number of nitrogens with two attached hydrogens (primary N) is 1. The fourth-order valence-electron chi connectivity index (χ4n) is 2.30. The Morgan fingerprint density at radius 3 is 2.57 bits per heavy atom. The third-order valence-electron chi connectivity index (χ3n) is 3.35. The molecule has 0 bridgehead atoms. The van der Waals surface area contributed by atoms with Crippen molar-refractivity contribution in [3.8, 4) is 23.0 Å². The molecular formula is C15H14N6. The number of nitrogens with zero attached hydrogens (tertiary/aromatic N) is 5. The van der Waals surface area contributed by atoms with E-state index in [1.807, 2.05) is 37.4 Å². The number of hydrogen-bond acceptors (Lipinski definition) is 4. The highest BCUT2D eigenvalue weighted by Crippen LogP contribution is 2.23. The Hall–Kier alpha value is -3.07. The van der Waals surface area contributed by atoms with Crippen LogP contribution in [0, 0.1) is 18.3 Å². The van der Waals surface area contributed by atoms with Crippen molar-refractivity contribution in [3.05, 3.63) is 47.9 Å². The molecule has 0 aliphatic rings. The first-order valence-corrected chi connectivity index (χ1v) is 6.45. The Balaban J connectivity index is 2.07. The van der Waals surface area contributed by atoms with Gasteiger partial charge in [0.25, 0.3) is 0 Å². The normalized spacial score (nSPS) is 10.5. The molecule has 1 aromatic carbocycles. The van der Waals surface area contributed by atoms with Gasteiger partial charge in [-0.3, -0.25) is 0 Å². The molecule has 0 fully saturated rings. The van der Waals surface area contributed by atoms with E-state index in [2.05, 4.69) is 16.3 Å². The van der Waals surface area contributed by atoms with E-state index in [4.69, 9.17) is 5.73 Å². The van der Waals surface area contributed by atoms with E-state index in [9.17, 15) is 5.26 Å². The number of rotatable bonds is 2. The quantitative estimate of drug-likeness (QED) is 0.727. The molecule has 0 radical (unpaired) electrons. The molecular weight excluding hydrogens is 264 g/mol. The average molecular weight is 278 g/mol. The number of nitrogen functional groups attached to an aromatic ring is 1. The maximum absolute atomic E-state index is 9.27. The minimum absolute atomic E-state index is 0.532. The highest BCUT2D eigenvalue weighted by atomic mass is 15.4. The lowest BCUT2D eigenvalue weighted by Gasteiger charge is -2.02. The van der Waals surface area contributed by atoms with Gasteiger partial charge in [0.1, 0.15) is 11.6 Å². The summed E-state index contributed by atoms with van der Waals surface area (Å²) >= 11 is 0. The summed E-state index contributed by atoms with van der Waals surface area (Å²) in [5.41, 5.74) is 9.62. The fraction of sp³-hybridized carbons (Fsp3) is 0.133. The van der Waals surface area contributed by atoms with Crippen molar-refractivity contribution in [2.24, 2.45) is 7.05 Å². The number of hydrogen-bond donors (Lipinski definition) is 1. The summed E-state index contributed by atoms with van der Waals surface area (Å²) < 4.78 is 3.33. The van der Waals surface area contributed by atoms with Gasteiger partial charge in [-0.1, -0.05) is 12.1 Å². The lowest BCUT2D eigenvalue weighted by atomic mass is 10.1. The minimum atomic E-state index is 0.532. The van der Waals surface area contributed by atoms with Crippen molar-refractivity contribution >= 4 is 5.69 Å². The van der Waals surface area contributed by atoms with Gasteiger partial charge in [0, 0.05) is 24.5 Å². The molecule has 0 unspecified atom stereocenters. The van der Waals surface area contributed by atoms with Gasteiger partial charge in [0.15, 0.2) is 5.82 Å². The van der Waals surface area contributed by atoms with Crippen LogP contribution in [0.5, 0.6) is 0 Å². The summed E-state index contributed by atoms with van der Waals surface area (Å²) in [7, 11) is 1.80. The Labute approximate surface area is 122 Å². The summed E-state index contributed by atoms with van der Waals surface area (Å²) in [6.45, 7) is 1.81. The predicted octanol–water partition coefficient (Wildman–Crippen LogP) is 2.04. The molecule has 0 spiro atoms. The zero-order chi connectivity index (χ0) is 15.0. The number of aryl methyl sites for hydroxylation is 2. The van der Waals surface area contributed by atoms with E-state index in [0.717, 1.165) is 16.8 Å². The van der Waals surface area contributed by atoms with E-state index < -0.39 is 0 Å². The Morgan fingerprint density at radius 2 is 1.90 bits per heavy atom. The van der Waals surface area contributed by atoms with Crippen molar-refractivity contribution in [1.29, 1.82) is 5.26 Å². The molecule has 0 saturated heterocycles. The highest BCUT2D eigenvalue weighted by Gasteiger charge is 2.15. The van der Waals surface area contributed by atoms with Crippen LogP contribution in [0.1, 0.15) is 11.3 Å². The largest absolute Gasteiger partial charge is 0.399 e. The number of benzene rings is 1. The van der Waals surface area contributed by atoms with Gasteiger partial charge in [0.2, 0.25) is 0 Å². The highest BCUT2D eigenvalue weighted by molar-refractivity contribution is 5.64. The minimum Gasteiger partial charge on any atom is -0.399 e. The van der Waals surface area contributed by atoms with Crippen LogP contribution in [-0.4, -0.2) is 19.6 Å². The van der Waals surface area contributed by atoms with Crippen molar-refractivity contribution < 1.29 is 0 Å². The number of nitriles is 1. The van der Waals surface area contributed by atoms with Gasteiger partial charge in [-0.15, -0.1) is 0 Å². The summed E-state index contributed by atoms with van der Waals surface area (Å²) in [6, 6.07) is 9.76. The summed E-state index contributed by atoms with van der Waals surface area (Å²) in [6.07, 6.45) is 3.64. The monoisotopic (exact) mass is 278 g/mol. The van der Waals surface area contributed by atoms with Crippen LogP contribution in [0.4, 0.5) is 5.69 Å². The molecule has 3 rings (SSSR count). The van der Waals surface area contributed by atoms with Gasteiger partial charge >= 0.3 is 0 Å². The lowest BCUT2D eigenvalue weighted by Crippen LogP contribution is -2.04. The number of anilines is 1. The molecule has 2 aromatic heterocycles. The van der Waals surface area contributed by atoms with Gasteiger partial charge in [-0.2, -0.15) is 15.5 Å². The zero-order valence-corrected chi connectivity index (χ0v) is 11.8. The summed E-state index contributed by atoms with van der Waals surface area (Å²) in [5, 5.41) is 17.9. The maximum atomic E-state index is 9.27. The van der Waals surface area contributed by atoms with Gasteiger partial charge in [-0.05, 0) is 24.6 Å². The van der Waals surface area contributed by atoms with Crippen molar-refractivity contribution in [2.75, 3.05) is 5.73 Å².